The van der Waals surface area contributed by atoms with Crippen LogP contribution in [0.15, 0.2) is 48.5 Å². The topological polar surface area (TPSA) is 50.4 Å². The Morgan fingerprint density at radius 2 is 1.92 bits per heavy atom. The third-order valence-corrected chi connectivity index (χ3v) is 3.44. The van der Waals surface area contributed by atoms with Crippen LogP contribution in [0.4, 0.5) is 5.69 Å². The van der Waals surface area contributed by atoms with E-state index in [1.165, 1.54) is 5.56 Å². The maximum Gasteiger partial charge on any atom is 0.224 e. The Kier molecular flexibility index (Phi) is 8.90. The maximum atomic E-state index is 11.8. The van der Waals surface area contributed by atoms with Crippen molar-refractivity contribution in [1.29, 1.82) is 0 Å². The van der Waals surface area contributed by atoms with E-state index in [-0.39, 0.29) is 18.3 Å². The van der Waals surface area contributed by atoms with Crippen LogP contribution in [-0.2, 0) is 11.4 Å². The minimum Gasteiger partial charge on any atom is -0.489 e. The Morgan fingerprint density at radius 1 is 1.12 bits per heavy atom. The average molecular weight is 349 g/mol. The van der Waals surface area contributed by atoms with E-state index < -0.39 is 0 Å². The molecule has 1 amide bonds. The monoisotopic (exact) mass is 348 g/mol. The molecule has 2 rings (SSSR count). The molecule has 0 unspecified atom stereocenters. The summed E-state index contributed by atoms with van der Waals surface area (Å²) in [6, 6.07) is 15.7. The van der Waals surface area contributed by atoms with Gasteiger partial charge in [0.1, 0.15) is 12.4 Å². The van der Waals surface area contributed by atoms with Gasteiger partial charge in [-0.1, -0.05) is 35.9 Å². The van der Waals surface area contributed by atoms with Gasteiger partial charge in [0.05, 0.1) is 0 Å². The number of benzene rings is 2. The van der Waals surface area contributed by atoms with E-state index in [0.29, 0.717) is 13.0 Å². The molecule has 0 fully saturated rings. The Balaban J connectivity index is 0.00000288. The van der Waals surface area contributed by atoms with Crippen LogP contribution in [0.25, 0.3) is 0 Å². The number of hydrogen-bond donors (Lipinski definition) is 2. The number of amides is 1. The van der Waals surface area contributed by atoms with Crippen molar-refractivity contribution in [2.75, 3.05) is 18.9 Å². The number of ether oxygens (including phenoxy) is 1. The third-order valence-electron chi connectivity index (χ3n) is 3.44. The fourth-order valence-corrected chi connectivity index (χ4v) is 2.28. The lowest BCUT2D eigenvalue weighted by atomic mass is 10.1. The van der Waals surface area contributed by atoms with Gasteiger partial charge in [0, 0.05) is 18.2 Å². The molecule has 0 aliphatic heterocycles. The van der Waals surface area contributed by atoms with Gasteiger partial charge in [0.25, 0.3) is 0 Å². The highest BCUT2D eigenvalue weighted by Crippen LogP contribution is 2.19. The van der Waals surface area contributed by atoms with Gasteiger partial charge in [-0.15, -0.1) is 12.4 Å². The number of rotatable bonds is 8. The second kappa shape index (κ2) is 10.7. The van der Waals surface area contributed by atoms with Crippen molar-refractivity contribution in [1.82, 2.24) is 5.32 Å². The van der Waals surface area contributed by atoms with E-state index in [1.807, 2.05) is 43.4 Å². The quantitative estimate of drug-likeness (QED) is 0.710. The Morgan fingerprint density at radius 3 is 2.67 bits per heavy atom. The highest BCUT2D eigenvalue weighted by atomic mass is 35.5. The van der Waals surface area contributed by atoms with Crippen molar-refractivity contribution in [3.8, 4) is 5.75 Å². The van der Waals surface area contributed by atoms with Crippen molar-refractivity contribution in [2.24, 2.45) is 0 Å². The summed E-state index contributed by atoms with van der Waals surface area (Å²) in [6.45, 7) is 3.42. The van der Waals surface area contributed by atoms with Gasteiger partial charge in [0.15, 0.2) is 0 Å². The molecule has 0 saturated heterocycles. The second-order valence-electron chi connectivity index (χ2n) is 5.56. The molecule has 5 heteroatoms. The third kappa shape index (κ3) is 7.02. The molecule has 130 valence electrons. The second-order valence-corrected chi connectivity index (χ2v) is 5.56. The molecule has 0 heterocycles. The van der Waals surface area contributed by atoms with Crippen LogP contribution < -0.4 is 15.4 Å². The molecule has 0 aliphatic rings. The first kappa shape index (κ1) is 20.0. The van der Waals surface area contributed by atoms with E-state index in [1.54, 1.807) is 0 Å². The van der Waals surface area contributed by atoms with Crippen molar-refractivity contribution < 1.29 is 9.53 Å². The number of anilines is 1. The summed E-state index contributed by atoms with van der Waals surface area (Å²) >= 11 is 0. The van der Waals surface area contributed by atoms with E-state index in [0.717, 1.165) is 30.0 Å². The number of carbonyl (C=O) groups excluding carboxylic acids is 1. The summed E-state index contributed by atoms with van der Waals surface area (Å²) in [4.78, 5) is 11.8. The first-order chi connectivity index (χ1) is 11.2. The summed E-state index contributed by atoms with van der Waals surface area (Å²) in [6.07, 6.45) is 1.33. The Labute approximate surface area is 150 Å². The molecule has 0 saturated carbocycles. The number of hydrogen-bond acceptors (Lipinski definition) is 3. The lowest BCUT2D eigenvalue weighted by Gasteiger charge is -2.10. The number of aryl methyl sites for hydroxylation is 1. The molecule has 0 atom stereocenters. The average Bonchev–Trinajstić information content (AvgIpc) is 2.54. The first-order valence-electron chi connectivity index (χ1n) is 7.90. The van der Waals surface area contributed by atoms with E-state index in [4.69, 9.17) is 4.74 Å². The highest BCUT2D eigenvalue weighted by Gasteiger charge is 2.03. The first-order valence-corrected chi connectivity index (χ1v) is 7.90. The van der Waals surface area contributed by atoms with Gasteiger partial charge < -0.3 is 15.4 Å². The van der Waals surface area contributed by atoms with Crippen LogP contribution in [0.2, 0.25) is 0 Å². The molecule has 0 spiro atoms. The van der Waals surface area contributed by atoms with E-state index in [2.05, 4.69) is 29.7 Å². The summed E-state index contributed by atoms with van der Waals surface area (Å²) in [7, 11) is 1.88. The standard InChI is InChI=1S/C19H24N2O2.ClH/c1-15-6-3-7-16(12-15)14-23-18-9-4-8-17(13-18)21-19(22)10-5-11-20-2;/h3-4,6-9,12-13,20H,5,10-11,14H2,1-2H3,(H,21,22);1H. The predicted octanol–water partition coefficient (Wildman–Crippen LogP) is 3.93. The summed E-state index contributed by atoms with van der Waals surface area (Å²) in [5, 5.41) is 5.93. The molecule has 24 heavy (non-hydrogen) atoms. The van der Waals surface area contributed by atoms with Crippen LogP contribution in [0, 0.1) is 6.92 Å². The van der Waals surface area contributed by atoms with E-state index in [9.17, 15) is 4.79 Å². The zero-order chi connectivity index (χ0) is 16.5. The summed E-state index contributed by atoms with van der Waals surface area (Å²) in [5.74, 6) is 0.774. The lowest BCUT2D eigenvalue weighted by Crippen LogP contribution is -2.15. The minimum absolute atomic E-state index is 0. The highest BCUT2D eigenvalue weighted by molar-refractivity contribution is 5.90. The molecule has 4 nitrogen and oxygen atoms in total. The molecular formula is C19H25ClN2O2. The maximum absolute atomic E-state index is 11.8. The minimum atomic E-state index is 0. The molecule has 0 radical (unpaired) electrons. The van der Waals surface area contributed by atoms with Gasteiger partial charge in [-0.05, 0) is 44.6 Å². The van der Waals surface area contributed by atoms with Crippen molar-refractivity contribution >= 4 is 24.0 Å². The van der Waals surface area contributed by atoms with Gasteiger partial charge in [-0.2, -0.15) is 0 Å². The van der Waals surface area contributed by atoms with Gasteiger partial charge >= 0.3 is 0 Å². The van der Waals surface area contributed by atoms with Crippen LogP contribution in [-0.4, -0.2) is 19.5 Å². The van der Waals surface area contributed by atoms with Crippen molar-refractivity contribution in [2.45, 2.75) is 26.4 Å². The number of halogens is 1. The van der Waals surface area contributed by atoms with Crippen LogP contribution >= 0.6 is 12.4 Å². The Bertz CT molecular complexity index is 647. The normalized spacial score (nSPS) is 9.92. The van der Waals surface area contributed by atoms with E-state index >= 15 is 0 Å². The summed E-state index contributed by atoms with van der Waals surface area (Å²) < 4.78 is 5.81. The zero-order valence-electron chi connectivity index (χ0n) is 14.2. The zero-order valence-corrected chi connectivity index (χ0v) is 15.0. The molecule has 2 aromatic rings. The number of nitrogens with one attached hydrogen (secondary N) is 2. The van der Waals surface area contributed by atoms with Gasteiger partial charge in [-0.3, -0.25) is 4.79 Å². The number of carbonyl (C=O) groups is 1. The fourth-order valence-electron chi connectivity index (χ4n) is 2.28. The largest absolute Gasteiger partial charge is 0.489 e. The lowest BCUT2D eigenvalue weighted by molar-refractivity contribution is -0.116. The molecule has 0 aliphatic carbocycles. The molecule has 0 aromatic heterocycles. The molecule has 2 aromatic carbocycles. The van der Waals surface area contributed by atoms with Gasteiger partial charge in [0.2, 0.25) is 5.91 Å². The fraction of sp³-hybridized carbons (Fsp3) is 0.316. The smallest absolute Gasteiger partial charge is 0.224 e. The molecule has 2 N–H and O–H groups in total. The van der Waals surface area contributed by atoms with Crippen molar-refractivity contribution in [3.63, 3.8) is 0 Å². The van der Waals surface area contributed by atoms with Gasteiger partial charge in [-0.25, -0.2) is 0 Å². The van der Waals surface area contributed by atoms with Crippen LogP contribution in [0.1, 0.15) is 24.0 Å². The molecular weight excluding hydrogens is 324 g/mol. The predicted molar refractivity (Wildman–Crippen MR) is 101 cm³/mol. The summed E-state index contributed by atoms with van der Waals surface area (Å²) in [5.41, 5.74) is 3.11. The van der Waals surface area contributed by atoms with Crippen LogP contribution in [0.5, 0.6) is 5.75 Å². The molecule has 0 bridgehead atoms. The Hall–Kier alpha value is -2.04. The van der Waals surface area contributed by atoms with Crippen molar-refractivity contribution in [3.05, 3.63) is 59.7 Å². The SMILES string of the molecule is CNCCCC(=O)Nc1cccc(OCc2cccc(C)c2)c1.Cl. The van der Waals surface area contributed by atoms with Crippen LogP contribution in [0.3, 0.4) is 0 Å².